The van der Waals surface area contributed by atoms with Crippen LogP contribution < -0.4 is 0 Å². The van der Waals surface area contributed by atoms with Crippen molar-refractivity contribution in [3.05, 3.63) is 40.3 Å². The number of amides is 1. The third-order valence-electron chi connectivity index (χ3n) is 5.20. The van der Waals surface area contributed by atoms with Crippen LogP contribution in [0.3, 0.4) is 0 Å². The van der Waals surface area contributed by atoms with E-state index in [1.807, 2.05) is 23.1 Å². The Morgan fingerprint density at radius 3 is 2.86 bits per heavy atom. The number of benzene rings is 1. The van der Waals surface area contributed by atoms with Gasteiger partial charge in [0, 0.05) is 6.04 Å². The summed E-state index contributed by atoms with van der Waals surface area (Å²) in [7, 11) is 0. The van der Waals surface area contributed by atoms with Crippen LogP contribution in [0.2, 0.25) is 0 Å². The molecule has 1 aromatic rings. The van der Waals surface area contributed by atoms with Gasteiger partial charge in [-0.1, -0.05) is 60.2 Å². The van der Waals surface area contributed by atoms with Crippen LogP contribution in [0.4, 0.5) is 0 Å². The molecule has 0 aromatic heterocycles. The van der Waals surface area contributed by atoms with E-state index in [1.54, 1.807) is 0 Å². The first kappa shape index (κ1) is 14.5. The lowest BCUT2D eigenvalue weighted by atomic mass is 9.94. The highest BCUT2D eigenvalue weighted by Gasteiger charge is 2.47. The molecule has 2 bridgehead atoms. The summed E-state index contributed by atoms with van der Waals surface area (Å²) in [6, 6.07) is 8.59. The molecule has 22 heavy (non-hydrogen) atoms. The van der Waals surface area contributed by atoms with Crippen molar-refractivity contribution in [3.63, 3.8) is 0 Å². The molecule has 0 N–H and O–H groups in total. The molecule has 4 rings (SSSR count). The van der Waals surface area contributed by atoms with Gasteiger partial charge in [-0.25, -0.2) is 0 Å². The van der Waals surface area contributed by atoms with E-state index >= 15 is 0 Å². The first-order valence-electron chi connectivity index (χ1n) is 7.95. The number of carbonyl (C=O) groups excluding carboxylic acids is 1. The maximum atomic E-state index is 12.8. The molecule has 1 saturated heterocycles. The first-order chi connectivity index (χ1) is 10.6. The van der Waals surface area contributed by atoms with Crippen LogP contribution in [0.5, 0.6) is 0 Å². The van der Waals surface area contributed by atoms with Crippen LogP contribution in [0.15, 0.2) is 29.2 Å². The van der Waals surface area contributed by atoms with Crippen molar-refractivity contribution in [2.45, 2.75) is 38.6 Å². The highest BCUT2D eigenvalue weighted by atomic mass is 32.2. The van der Waals surface area contributed by atoms with Crippen LogP contribution in [-0.2, 0) is 4.79 Å². The van der Waals surface area contributed by atoms with Crippen molar-refractivity contribution in [2.24, 2.45) is 11.8 Å². The quantitative estimate of drug-likeness (QED) is 0.593. The van der Waals surface area contributed by atoms with E-state index in [2.05, 4.69) is 19.1 Å². The standard InChI is InChI=1S/C18H19NOS2/c1-11-3-2-4-12(7-11)10-16-17(20)19(18(21)22-16)15-9-13-5-6-14(15)8-13/h2-4,7,10,13-15H,5-6,8-9H2,1H3. The number of aryl methyl sites for hydroxylation is 1. The average Bonchev–Trinajstić information content (AvgIpc) is 3.15. The zero-order chi connectivity index (χ0) is 15.3. The smallest absolute Gasteiger partial charge is 0.266 e. The Kier molecular flexibility index (Phi) is 3.61. The summed E-state index contributed by atoms with van der Waals surface area (Å²) >= 11 is 6.98. The van der Waals surface area contributed by atoms with Gasteiger partial charge in [0.2, 0.25) is 0 Å². The lowest BCUT2D eigenvalue weighted by Crippen LogP contribution is -2.41. The van der Waals surface area contributed by atoms with E-state index in [-0.39, 0.29) is 5.91 Å². The van der Waals surface area contributed by atoms with Crippen molar-refractivity contribution in [1.82, 2.24) is 4.90 Å². The number of nitrogens with zero attached hydrogens (tertiary/aromatic N) is 1. The lowest BCUT2D eigenvalue weighted by molar-refractivity contribution is -0.124. The van der Waals surface area contributed by atoms with E-state index in [9.17, 15) is 4.79 Å². The van der Waals surface area contributed by atoms with Gasteiger partial charge in [-0.2, -0.15) is 0 Å². The number of thiocarbonyl (C=S) groups is 1. The predicted molar refractivity (Wildman–Crippen MR) is 95.4 cm³/mol. The molecular weight excluding hydrogens is 310 g/mol. The highest BCUT2D eigenvalue weighted by molar-refractivity contribution is 8.26. The molecule has 4 heteroatoms. The van der Waals surface area contributed by atoms with Crippen molar-refractivity contribution >= 4 is 40.3 Å². The van der Waals surface area contributed by atoms with Crippen molar-refractivity contribution in [3.8, 4) is 0 Å². The molecule has 1 heterocycles. The molecule has 1 aromatic carbocycles. The van der Waals surface area contributed by atoms with E-state index in [4.69, 9.17) is 12.2 Å². The Morgan fingerprint density at radius 2 is 2.18 bits per heavy atom. The molecule has 0 radical (unpaired) electrons. The third-order valence-corrected chi connectivity index (χ3v) is 6.53. The summed E-state index contributed by atoms with van der Waals surface area (Å²) in [5, 5.41) is 0. The van der Waals surface area contributed by atoms with Crippen molar-refractivity contribution < 1.29 is 4.79 Å². The fourth-order valence-corrected chi connectivity index (χ4v) is 5.58. The Labute approximate surface area is 141 Å². The van der Waals surface area contributed by atoms with Crippen LogP contribution in [0.1, 0.15) is 36.8 Å². The maximum Gasteiger partial charge on any atom is 0.266 e. The summed E-state index contributed by atoms with van der Waals surface area (Å²) in [6.07, 6.45) is 7.03. The second-order valence-corrected chi connectivity index (χ2v) is 8.38. The monoisotopic (exact) mass is 329 g/mol. The van der Waals surface area contributed by atoms with Crippen LogP contribution in [0.25, 0.3) is 6.08 Å². The molecule has 3 unspecified atom stereocenters. The van der Waals surface area contributed by atoms with E-state index < -0.39 is 0 Å². The summed E-state index contributed by atoms with van der Waals surface area (Å²) in [5.74, 6) is 1.61. The zero-order valence-electron chi connectivity index (χ0n) is 12.6. The third kappa shape index (κ3) is 2.42. The number of hydrogen-bond acceptors (Lipinski definition) is 3. The number of fused-ring (bicyclic) bond motifs is 2. The highest BCUT2D eigenvalue weighted by Crippen LogP contribution is 2.49. The van der Waals surface area contributed by atoms with Gasteiger partial charge in [0.05, 0.1) is 4.91 Å². The number of hydrogen-bond donors (Lipinski definition) is 0. The first-order valence-corrected chi connectivity index (χ1v) is 9.18. The molecule has 2 saturated carbocycles. The predicted octanol–water partition coefficient (Wildman–Crippen LogP) is 4.38. The van der Waals surface area contributed by atoms with Gasteiger partial charge < -0.3 is 0 Å². The van der Waals surface area contributed by atoms with E-state index in [1.165, 1.54) is 36.6 Å². The van der Waals surface area contributed by atoms with E-state index in [0.29, 0.717) is 12.0 Å². The van der Waals surface area contributed by atoms with Gasteiger partial charge >= 0.3 is 0 Å². The minimum absolute atomic E-state index is 0.119. The Bertz CT molecular complexity index is 681. The van der Waals surface area contributed by atoms with Gasteiger partial charge in [0.15, 0.2) is 0 Å². The number of carbonyl (C=O) groups is 1. The number of rotatable bonds is 2. The summed E-state index contributed by atoms with van der Waals surface area (Å²) in [4.78, 5) is 15.5. The molecule has 3 aliphatic rings. The fraction of sp³-hybridized carbons (Fsp3) is 0.444. The molecule has 0 spiro atoms. The molecule has 114 valence electrons. The second-order valence-electron chi connectivity index (χ2n) is 6.71. The Morgan fingerprint density at radius 1 is 1.32 bits per heavy atom. The minimum atomic E-state index is 0.119. The molecule has 1 aliphatic heterocycles. The topological polar surface area (TPSA) is 20.3 Å². The molecule has 2 aliphatic carbocycles. The van der Waals surface area contributed by atoms with E-state index in [0.717, 1.165) is 27.1 Å². The van der Waals surface area contributed by atoms with Gasteiger partial charge in [-0.3, -0.25) is 9.69 Å². The Hall–Kier alpha value is -1.13. The van der Waals surface area contributed by atoms with Gasteiger partial charge in [-0.05, 0) is 49.7 Å². The van der Waals surface area contributed by atoms with Gasteiger partial charge in [-0.15, -0.1) is 0 Å². The maximum absolute atomic E-state index is 12.8. The Balaban J connectivity index is 1.59. The minimum Gasteiger partial charge on any atom is -0.289 e. The van der Waals surface area contributed by atoms with Crippen LogP contribution in [0, 0.1) is 18.8 Å². The number of thioether (sulfide) groups is 1. The summed E-state index contributed by atoms with van der Waals surface area (Å²) in [5.41, 5.74) is 2.28. The fourth-order valence-electron chi connectivity index (χ4n) is 4.20. The molecule has 2 nitrogen and oxygen atoms in total. The molecular formula is C18H19NOS2. The normalized spacial score (nSPS) is 32.5. The van der Waals surface area contributed by atoms with Gasteiger partial charge in [0.1, 0.15) is 4.32 Å². The summed E-state index contributed by atoms with van der Waals surface area (Å²) in [6.45, 7) is 2.07. The summed E-state index contributed by atoms with van der Waals surface area (Å²) < 4.78 is 0.751. The average molecular weight is 329 g/mol. The van der Waals surface area contributed by atoms with Crippen molar-refractivity contribution in [2.75, 3.05) is 0 Å². The molecule has 3 atom stereocenters. The van der Waals surface area contributed by atoms with Crippen molar-refractivity contribution in [1.29, 1.82) is 0 Å². The largest absolute Gasteiger partial charge is 0.289 e. The second kappa shape index (κ2) is 5.50. The van der Waals surface area contributed by atoms with Gasteiger partial charge in [0.25, 0.3) is 5.91 Å². The zero-order valence-corrected chi connectivity index (χ0v) is 14.3. The van der Waals surface area contributed by atoms with Crippen LogP contribution in [-0.4, -0.2) is 21.2 Å². The molecule has 1 amide bonds. The SMILES string of the molecule is Cc1cccc(C=C2SC(=S)N(C3CC4CCC3C4)C2=O)c1. The lowest BCUT2D eigenvalue weighted by Gasteiger charge is -2.30. The van der Waals surface area contributed by atoms with Crippen LogP contribution >= 0.6 is 24.0 Å². The molecule has 3 fully saturated rings.